The molecule has 29 heavy (non-hydrogen) atoms. The molecule has 0 aromatic carbocycles. The third-order valence-corrected chi connectivity index (χ3v) is 6.63. The Labute approximate surface area is 182 Å². The number of aliphatic hydroxyl groups is 1. The van der Waals surface area contributed by atoms with Crippen LogP contribution in [0.1, 0.15) is 117 Å². The van der Waals surface area contributed by atoms with E-state index in [0.717, 1.165) is 17.6 Å². The molecule has 2 N–H and O–H groups in total. The summed E-state index contributed by atoms with van der Waals surface area (Å²) in [5.74, 6) is 0. The van der Waals surface area contributed by atoms with Crippen molar-refractivity contribution < 1.29 is 9.59 Å². The Morgan fingerprint density at radius 2 is 1.34 bits per heavy atom. The van der Waals surface area contributed by atoms with E-state index in [1.165, 1.54) is 103 Å². The minimum Gasteiger partial charge on any atom is -0.390 e. The van der Waals surface area contributed by atoms with Gasteiger partial charge in [0.1, 0.15) is 12.7 Å². The predicted molar refractivity (Wildman–Crippen MR) is 128 cm³/mol. The van der Waals surface area contributed by atoms with Gasteiger partial charge in [-0.15, -0.1) is 0 Å². The Hall–Kier alpha value is -0.800. The van der Waals surface area contributed by atoms with Gasteiger partial charge in [0.2, 0.25) is 0 Å². The van der Waals surface area contributed by atoms with E-state index in [1.54, 1.807) is 0 Å². The molecule has 0 saturated carbocycles. The van der Waals surface area contributed by atoms with Gasteiger partial charge in [0.05, 0.1) is 19.4 Å². The van der Waals surface area contributed by atoms with Crippen LogP contribution in [0.5, 0.6) is 0 Å². The van der Waals surface area contributed by atoms with Crippen LogP contribution in [0.4, 0.5) is 0 Å². The molecule has 1 aliphatic rings. The van der Waals surface area contributed by atoms with Gasteiger partial charge in [0.15, 0.2) is 6.17 Å². The minimum absolute atomic E-state index is 0.267. The molecular formula is C26H51N2O+. The number of nitrogens with one attached hydrogen (secondary N) is 1. The molecule has 0 spiro atoms. The lowest BCUT2D eigenvalue weighted by atomic mass is 10.1. The molecule has 0 bridgehead atoms. The fourth-order valence-corrected chi connectivity index (χ4v) is 4.56. The lowest BCUT2D eigenvalue weighted by Gasteiger charge is -2.36. The zero-order valence-electron chi connectivity index (χ0n) is 19.7. The van der Waals surface area contributed by atoms with Crippen molar-refractivity contribution in [3.8, 4) is 0 Å². The highest BCUT2D eigenvalue weighted by Crippen LogP contribution is 2.22. The van der Waals surface area contributed by atoms with Crippen molar-refractivity contribution in [3.05, 3.63) is 24.6 Å². The van der Waals surface area contributed by atoms with Crippen molar-refractivity contribution in [1.29, 1.82) is 0 Å². The summed E-state index contributed by atoms with van der Waals surface area (Å²) >= 11 is 0. The standard InChI is InChI=1S/C26H51N2O/c1-3-5-6-7-8-9-10-11-12-13-14-15-16-17-18-19-20-21-26-27-22-23-28(26,4-2)24-25-29/h13-14,22-23,26-27,29H,3-12,15-21,24-25H2,1-2H3/q+1/b14-13+. The first-order chi connectivity index (χ1) is 14.3. The molecule has 170 valence electrons. The fourth-order valence-electron chi connectivity index (χ4n) is 4.56. The quantitative estimate of drug-likeness (QED) is 0.129. The van der Waals surface area contributed by atoms with Gasteiger partial charge in [0, 0.05) is 6.42 Å². The van der Waals surface area contributed by atoms with E-state index in [-0.39, 0.29) is 6.61 Å². The summed E-state index contributed by atoms with van der Waals surface area (Å²) in [6.07, 6.45) is 31.4. The highest BCUT2D eigenvalue weighted by molar-refractivity contribution is 4.84. The van der Waals surface area contributed by atoms with Crippen LogP contribution in [0, 0.1) is 0 Å². The Kier molecular flexibility index (Phi) is 16.3. The first-order valence-corrected chi connectivity index (χ1v) is 12.8. The monoisotopic (exact) mass is 407 g/mol. The van der Waals surface area contributed by atoms with Crippen LogP contribution in [0.15, 0.2) is 24.6 Å². The molecule has 0 saturated heterocycles. The molecule has 1 aliphatic heterocycles. The molecule has 1 heterocycles. The van der Waals surface area contributed by atoms with Gasteiger partial charge >= 0.3 is 0 Å². The van der Waals surface area contributed by atoms with Gasteiger partial charge in [-0.05, 0) is 39.0 Å². The Morgan fingerprint density at radius 1 is 0.793 bits per heavy atom. The number of unbranched alkanes of at least 4 members (excludes halogenated alkanes) is 13. The Balaban J connectivity index is 1.88. The number of nitrogens with zero attached hydrogens (tertiary/aromatic N) is 1. The average molecular weight is 408 g/mol. The summed E-state index contributed by atoms with van der Waals surface area (Å²) in [6.45, 7) is 6.66. The van der Waals surface area contributed by atoms with Gasteiger partial charge in [-0.25, -0.2) is 0 Å². The maximum Gasteiger partial charge on any atom is 0.166 e. The maximum atomic E-state index is 9.38. The average Bonchev–Trinajstić information content (AvgIpc) is 3.13. The van der Waals surface area contributed by atoms with Gasteiger partial charge < -0.3 is 10.4 Å². The molecular weight excluding hydrogens is 356 g/mol. The third-order valence-electron chi connectivity index (χ3n) is 6.63. The van der Waals surface area contributed by atoms with E-state index in [4.69, 9.17) is 0 Å². The van der Waals surface area contributed by atoms with Crippen LogP contribution in [0.25, 0.3) is 0 Å². The summed E-state index contributed by atoms with van der Waals surface area (Å²) in [7, 11) is 0. The first-order valence-electron chi connectivity index (χ1n) is 12.8. The zero-order chi connectivity index (χ0) is 21.0. The van der Waals surface area contributed by atoms with E-state index in [2.05, 4.69) is 43.7 Å². The number of quaternary nitrogens is 1. The van der Waals surface area contributed by atoms with Crippen molar-refractivity contribution in [1.82, 2.24) is 5.32 Å². The van der Waals surface area contributed by atoms with E-state index in [1.807, 2.05) is 0 Å². The molecule has 0 fully saturated rings. The number of likely N-dealkylation sites (N-methyl/N-ethyl adjacent to an activating group) is 1. The highest BCUT2D eigenvalue weighted by atomic mass is 16.3. The number of hydrogen-bond acceptors (Lipinski definition) is 2. The summed E-state index contributed by atoms with van der Waals surface area (Å²) in [6, 6.07) is 0. The fraction of sp³-hybridized carbons (Fsp3) is 0.846. The molecule has 1 rings (SSSR count). The van der Waals surface area contributed by atoms with Crippen LogP contribution in [0.3, 0.4) is 0 Å². The number of rotatable bonds is 20. The molecule has 2 unspecified atom stereocenters. The lowest BCUT2D eigenvalue weighted by molar-refractivity contribution is -0.900. The first kappa shape index (κ1) is 26.2. The summed E-state index contributed by atoms with van der Waals surface area (Å²) < 4.78 is 0.903. The van der Waals surface area contributed by atoms with E-state index < -0.39 is 0 Å². The second-order valence-corrected chi connectivity index (χ2v) is 8.94. The Bertz CT molecular complexity index is 421. The van der Waals surface area contributed by atoms with Gasteiger partial charge in [-0.2, -0.15) is 0 Å². The highest BCUT2D eigenvalue weighted by Gasteiger charge is 2.35. The number of allylic oxidation sites excluding steroid dienone is 2. The zero-order valence-corrected chi connectivity index (χ0v) is 19.7. The molecule has 0 amide bonds. The summed E-state index contributed by atoms with van der Waals surface area (Å²) in [4.78, 5) is 0. The number of hydrogen-bond donors (Lipinski definition) is 2. The topological polar surface area (TPSA) is 32.3 Å². The van der Waals surface area contributed by atoms with E-state index in [0.29, 0.717) is 6.17 Å². The lowest BCUT2D eigenvalue weighted by Crippen LogP contribution is -2.54. The third kappa shape index (κ3) is 11.8. The molecule has 0 radical (unpaired) electrons. The van der Waals surface area contributed by atoms with Crippen molar-refractivity contribution in [2.75, 3.05) is 19.7 Å². The molecule has 2 atom stereocenters. The predicted octanol–water partition coefficient (Wildman–Crippen LogP) is 7.03. The largest absolute Gasteiger partial charge is 0.390 e. The smallest absolute Gasteiger partial charge is 0.166 e. The van der Waals surface area contributed by atoms with Crippen LogP contribution >= 0.6 is 0 Å². The number of aliphatic hydroxyl groups excluding tert-OH is 1. The molecule has 0 aromatic rings. The van der Waals surface area contributed by atoms with Crippen LogP contribution < -0.4 is 5.32 Å². The second kappa shape index (κ2) is 18.0. The molecule has 3 heteroatoms. The van der Waals surface area contributed by atoms with Crippen molar-refractivity contribution >= 4 is 0 Å². The summed E-state index contributed by atoms with van der Waals surface area (Å²) in [5, 5.41) is 12.9. The summed E-state index contributed by atoms with van der Waals surface area (Å²) in [5.41, 5.74) is 0. The SMILES string of the molecule is CCCCCCCCCC/C=C/CCCCCCCC1NC=C[N+]1(CC)CCO. The van der Waals surface area contributed by atoms with Crippen LogP contribution in [-0.4, -0.2) is 35.5 Å². The van der Waals surface area contributed by atoms with Gasteiger partial charge in [-0.1, -0.05) is 83.3 Å². The van der Waals surface area contributed by atoms with Crippen molar-refractivity contribution in [3.63, 3.8) is 0 Å². The van der Waals surface area contributed by atoms with E-state index in [9.17, 15) is 5.11 Å². The van der Waals surface area contributed by atoms with Crippen molar-refractivity contribution in [2.24, 2.45) is 0 Å². The molecule has 0 aliphatic carbocycles. The van der Waals surface area contributed by atoms with Gasteiger partial charge in [0.25, 0.3) is 0 Å². The van der Waals surface area contributed by atoms with Crippen LogP contribution in [-0.2, 0) is 0 Å². The van der Waals surface area contributed by atoms with Crippen LogP contribution in [0.2, 0.25) is 0 Å². The van der Waals surface area contributed by atoms with Crippen molar-refractivity contribution in [2.45, 2.75) is 123 Å². The maximum absolute atomic E-state index is 9.38. The van der Waals surface area contributed by atoms with Gasteiger partial charge in [-0.3, -0.25) is 4.48 Å². The molecule has 3 nitrogen and oxygen atoms in total. The molecule has 0 aromatic heterocycles. The minimum atomic E-state index is 0.267. The van der Waals surface area contributed by atoms with E-state index >= 15 is 0 Å². The second-order valence-electron chi connectivity index (χ2n) is 8.94. The normalized spacial score (nSPS) is 21.3. The Morgan fingerprint density at radius 3 is 1.90 bits per heavy atom.